The number of carbonyl (C=O) groups is 1. The molecular formula is C20H21N5O3. The second kappa shape index (κ2) is 6.79. The number of benzene rings is 1. The molecule has 5 rings (SSSR count). The summed E-state index contributed by atoms with van der Waals surface area (Å²) < 4.78 is 11.0. The van der Waals surface area contributed by atoms with Crippen LogP contribution in [0.2, 0.25) is 0 Å². The van der Waals surface area contributed by atoms with Crippen molar-refractivity contribution < 1.29 is 14.3 Å². The van der Waals surface area contributed by atoms with Gasteiger partial charge in [-0.15, -0.1) is 0 Å². The van der Waals surface area contributed by atoms with E-state index in [2.05, 4.69) is 25.6 Å². The Bertz CT molecular complexity index is 1040. The van der Waals surface area contributed by atoms with E-state index in [1.54, 1.807) is 13.2 Å². The second-order valence-electron chi connectivity index (χ2n) is 7.14. The van der Waals surface area contributed by atoms with E-state index in [-0.39, 0.29) is 5.91 Å². The maximum Gasteiger partial charge on any atom is 0.255 e. The number of fused-ring (bicyclic) bond motifs is 2. The van der Waals surface area contributed by atoms with Crippen LogP contribution in [0.4, 0.5) is 5.95 Å². The van der Waals surface area contributed by atoms with Crippen molar-refractivity contribution in [2.45, 2.75) is 25.0 Å². The van der Waals surface area contributed by atoms with Crippen LogP contribution in [-0.2, 0) is 4.74 Å². The molecule has 144 valence electrons. The number of rotatable bonds is 4. The highest BCUT2D eigenvalue weighted by Gasteiger charge is 2.29. The number of aromatic nitrogens is 3. The van der Waals surface area contributed by atoms with Crippen molar-refractivity contribution in [2.24, 2.45) is 0 Å². The first-order valence-electron chi connectivity index (χ1n) is 9.40. The molecule has 1 aliphatic heterocycles. The molecule has 0 spiro atoms. The molecule has 1 fully saturated rings. The lowest BCUT2D eigenvalue weighted by molar-refractivity contribution is 0.0327. The summed E-state index contributed by atoms with van der Waals surface area (Å²) in [5.74, 6) is 1.10. The van der Waals surface area contributed by atoms with E-state index in [4.69, 9.17) is 9.47 Å². The average molecular weight is 379 g/mol. The molecule has 1 aromatic carbocycles. The molecule has 3 N–H and O–H groups in total. The van der Waals surface area contributed by atoms with Crippen LogP contribution >= 0.6 is 0 Å². The van der Waals surface area contributed by atoms with Gasteiger partial charge in [-0.2, -0.15) is 4.98 Å². The summed E-state index contributed by atoms with van der Waals surface area (Å²) in [5.41, 5.74) is 3.24. The van der Waals surface area contributed by atoms with Crippen LogP contribution in [-0.4, -0.2) is 53.3 Å². The minimum Gasteiger partial charge on any atom is -0.491 e. The molecule has 8 heteroatoms. The van der Waals surface area contributed by atoms with Gasteiger partial charge in [0, 0.05) is 36.5 Å². The van der Waals surface area contributed by atoms with E-state index in [1.807, 2.05) is 24.5 Å². The first-order chi connectivity index (χ1) is 13.7. The molecule has 3 heterocycles. The Labute approximate surface area is 161 Å². The van der Waals surface area contributed by atoms with Crippen molar-refractivity contribution in [3.63, 3.8) is 0 Å². The van der Waals surface area contributed by atoms with Crippen LogP contribution in [0.25, 0.3) is 22.2 Å². The van der Waals surface area contributed by atoms with E-state index < -0.39 is 0 Å². The quantitative estimate of drug-likeness (QED) is 0.643. The first kappa shape index (κ1) is 17.0. The molecular weight excluding hydrogens is 358 g/mol. The van der Waals surface area contributed by atoms with Crippen molar-refractivity contribution in [3.05, 3.63) is 36.2 Å². The van der Waals surface area contributed by atoms with Gasteiger partial charge in [0.05, 0.1) is 18.2 Å². The molecule has 2 aromatic heterocycles. The molecule has 0 radical (unpaired) electrons. The van der Waals surface area contributed by atoms with Crippen molar-refractivity contribution in [1.82, 2.24) is 20.3 Å². The van der Waals surface area contributed by atoms with Crippen LogP contribution in [0.1, 0.15) is 23.2 Å². The summed E-state index contributed by atoms with van der Waals surface area (Å²) in [5, 5.41) is 7.09. The third-order valence-corrected chi connectivity index (χ3v) is 5.38. The highest BCUT2D eigenvalue weighted by molar-refractivity contribution is 5.99. The van der Waals surface area contributed by atoms with E-state index in [9.17, 15) is 4.79 Å². The van der Waals surface area contributed by atoms with Gasteiger partial charge in [-0.1, -0.05) is 6.07 Å². The molecule has 8 nitrogen and oxygen atoms in total. The summed E-state index contributed by atoms with van der Waals surface area (Å²) >= 11 is 0. The van der Waals surface area contributed by atoms with Crippen LogP contribution in [0, 0.1) is 0 Å². The van der Waals surface area contributed by atoms with E-state index in [1.165, 1.54) is 0 Å². The Kier molecular flexibility index (Phi) is 4.12. The lowest BCUT2D eigenvalue weighted by atomic mass is 9.89. The molecule has 0 unspecified atom stereocenters. The van der Waals surface area contributed by atoms with Crippen LogP contribution in [0.15, 0.2) is 30.6 Å². The zero-order chi connectivity index (χ0) is 19.1. The van der Waals surface area contributed by atoms with Gasteiger partial charge in [0.15, 0.2) is 0 Å². The lowest BCUT2D eigenvalue weighted by Crippen LogP contribution is -2.40. The maximum atomic E-state index is 12.1. The fourth-order valence-electron chi connectivity index (χ4n) is 3.69. The number of hydrogen-bond donors (Lipinski definition) is 3. The molecule has 0 atom stereocenters. The predicted molar refractivity (Wildman–Crippen MR) is 105 cm³/mol. The number of ether oxygens (including phenoxy) is 2. The lowest BCUT2D eigenvalue weighted by Gasteiger charge is -2.34. The van der Waals surface area contributed by atoms with Crippen LogP contribution < -0.4 is 15.4 Å². The third-order valence-electron chi connectivity index (χ3n) is 5.38. The van der Waals surface area contributed by atoms with Gasteiger partial charge >= 0.3 is 0 Å². The average Bonchev–Trinajstić information content (AvgIpc) is 3.01. The largest absolute Gasteiger partial charge is 0.491 e. The fraction of sp³-hybridized carbons (Fsp3) is 0.350. The van der Waals surface area contributed by atoms with E-state index >= 15 is 0 Å². The van der Waals surface area contributed by atoms with E-state index in [0.717, 1.165) is 35.0 Å². The number of aromatic amines is 1. The maximum absolute atomic E-state index is 12.1. The number of H-pyrrole nitrogens is 1. The van der Waals surface area contributed by atoms with Gasteiger partial charge < -0.3 is 25.1 Å². The van der Waals surface area contributed by atoms with Crippen molar-refractivity contribution >= 4 is 22.9 Å². The standard InChI is InChI=1S/C20H21N5O3/c1-27-13-7-12(8-13)24-20-23-10-16-15(9-22-18(16)25-20)11-2-3-14-17(6-11)28-5-4-21-19(14)26/h2-3,6,9-10,12-13H,4-5,7-8H2,1H3,(H,21,26)(H2,22,23,24,25)/t12-,13+. The van der Waals surface area contributed by atoms with Crippen LogP contribution in [0.3, 0.4) is 0 Å². The topological polar surface area (TPSA) is 101 Å². The summed E-state index contributed by atoms with van der Waals surface area (Å²) in [4.78, 5) is 24.4. The zero-order valence-electron chi connectivity index (χ0n) is 15.5. The van der Waals surface area contributed by atoms with Gasteiger partial charge in [0.1, 0.15) is 18.0 Å². The molecule has 3 aromatic rings. The fourth-order valence-corrected chi connectivity index (χ4v) is 3.69. The smallest absolute Gasteiger partial charge is 0.255 e. The van der Waals surface area contributed by atoms with Gasteiger partial charge in [-0.05, 0) is 30.5 Å². The number of nitrogens with zero attached hydrogens (tertiary/aromatic N) is 2. The Morgan fingerprint density at radius 2 is 2.18 bits per heavy atom. The number of amides is 1. The molecule has 1 saturated carbocycles. The Balaban J connectivity index is 1.42. The summed E-state index contributed by atoms with van der Waals surface area (Å²) in [6, 6.07) is 5.96. The molecule has 2 aliphatic rings. The Hall–Kier alpha value is -3.13. The SMILES string of the molecule is CO[C@H]1C[C@@H](Nc2ncc3c(-c4ccc5c(c4)OCCNC5=O)c[nH]c3n2)C1. The molecule has 28 heavy (non-hydrogen) atoms. The number of nitrogens with one attached hydrogen (secondary N) is 3. The summed E-state index contributed by atoms with van der Waals surface area (Å²) in [6.45, 7) is 0.963. The van der Waals surface area contributed by atoms with Gasteiger partial charge in [-0.3, -0.25) is 4.79 Å². The Morgan fingerprint density at radius 1 is 1.29 bits per heavy atom. The monoisotopic (exact) mass is 379 g/mol. The zero-order valence-corrected chi connectivity index (χ0v) is 15.5. The van der Waals surface area contributed by atoms with E-state index in [0.29, 0.717) is 42.6 Å². The number of anilines is 1. The van der Waals surface area contributed by atoms with Crippen molar-refractivity contribution in [2.75, 3.05) is 25.6 Å². The van der Waals surface area contributed by atoms with Gasteiger partial charge in [0.2, 0.25) is 5.95 Å². The molecule has 0 saturated heterocycles. The number of methoxy groups -OCH3 is 1. The van der Waals surface area contributed by atoms with Gasteiger partial charge in [0.25, 0.3) is 5.91 Å². The summed E-state index contributed by atoms with van der Waals surface area (Å²) in [7, 11) is 1.74. The third kappa shape index (κ3) is 2.95. The first-order valence-corrected chi connectivity index (χ1v) is 9.40. The normalized spacial score (nSPS) is 21.2. The minimum atomic E-state index is -0.108. The van der Waals surface area contributed by atoms with Crippen molar-refractivity contribution in [1.29, 1.82) is 0 Å². The highest BCUT2D eigenvalue weighted by Crippen LogP contribution is 2.33. The number of carbonyl (C=O) groups excluding carboxylic acids is 1. The molecule has 1 amide bonds. The van der Waals surface area contributed by atoms with Gasteiger partial charge in [-0.25, -0.2) is 4.98 Å². The molecule has 0 bridgehead atoms. The summed E-state index contributed by atoms with van der Waals surface area (Å²) in [6.07, 6.45) is 6.00. The second-order valence-corrected chi connectivity index (χ2v) is 7.14. The highest BCUT2D eigenvalue weighted by atomic mass is 16.5. The molecule has 1 aliphatic carbocycles. The number of hydrogen-bond acceptors (Lipinski definition) is 6. The Morgan fingerprint density at radius 3 is 3.04 bits per heavy atom. The van der Waals surface area contributed by atoms with Crippen LogP contribution in [0.5, 0.6) is 5.75 Å². The minimum absolute atomic E-state index is 0.108. The van der Waals surface area contributed by atoms with Crippen molar-refractivity contribution in [3.8, 4) is 16.9 Å². The predicted octanol–water partition coefficient (Wildman–Crippen LogP) is 2.34.